The third-order valence-electron chi connectivity index (χ3n) is 2.97. The molecule has 0 fully saturated rings. The molecule has 0 heterocycles. The summed E-state index contributed by atoms with van der Waals surface area (Å²) < 4.78 is 0. The summed E-state index contributed by atoms with van der Waals surface area (Å²) in [7, 11) is 0. The molecular formula is C18H23N5O. The summed E-state index contributed by atoms with van der Waals surface area (Å²) in [4.78, 5) is 19.5. The fourth-order valence-corrected chi connectivity index (χ4v) is 1.77. The van der Waals surface area contributed by atoms with E-state index in [4.69, 9.17) is 11.5 Å². The van der Waals surface area contributed by atoms with Crippen molar-refractivity contribution in [1.29, 1.82) is 0 Å². The maximum Gasteiger partial charge on any atom is 0.178 e. The van der Waals surface area contributed by atoms with Gasteiger partial charge in [-0.25, -0.2) is 9.98 Å². The fourth-order valence-electron chi connectivity index (χ4n) is 1.77. The second-order valence-corrected chi connectivity index (χ2v) is 4.72. The van der Waals surface area contributed by atoms with Gasteiger partial charge in [-0.2, -0.15) is 0 Å². The first-order chi connectivity index (χ1) is 11.6. The van der Waals surface area contributed by atoms with Crippen molar-refractivity contribution in [1.82, 2.24) is 5.32 Å². The lowest BCUT2D eigenvalue weighted by Crippen LogP contribution is -2.20. The van der Waals surface area contributed by atoms with E-state index in [2.05, 4.69) is 15.3 Å². The van der Waals surface area contributed by atoms with Crippen LogP contribution in [0.3, 0.4) is 0 Å². The average Bonchev–Trinajstić information content (AvgIpc) is 2.59. The molecule has 6 nitrogen and oxygen atoms in total. The summed E-state index contributed by atoms with van der Waals surface area (Å²) in [5.41, 5.74) is 13.8. The predicted molar refractivity (Wildman–Crippen MR) is 101 cm³/mol. The van der Waals surface area contributed by atoms with E-state index in [0.717, 1.165) is 18.5 Å². The van der Waals surface area contributed by atoms with Crippen molar-refractivity contribution in [2.75, 3.05) is 5.73 Å². The van der Waals surface area contributed by atoms with E-state index in [0.29, 0.717) is 29.2 Å². The standard InChI is InChI=1S/C18H23N5O/c1-3-5-6-15(4-2)22-17(11-12-24)18(21-13-19)23-16-9-7-14(20)8-10-16/h3,5-13,22H,4,20H2,1-2H3,(H2,19,21,23)/b5-3-,15-6+,17-11+. The van der Waals surface area contributed by atoms with E-state index in [1.807, 2.05) is 32.1 Å². The molecule has 0 aliphatic carbocycles. The van der Waals surface area contributed by atoms with Crippen molar-refractivity contribution in [3.8, 4) is 0 Å². The summed E-state index contributed by atoms with van der Waals surface area (Å²) >= 11 is 0. The topological polar surface area (TPSA) is 106 Å². The van der Waals surface area contributed by atoms with Gasteiger partial charge in [-0.15, -0.1) is 0 Å². The van der Waals surface area contributed by atoms with Gasteiger partial charge in [0.15, 0.2) is 5.84 Å². The van der Waals surface area contributed by atoms with Crippen molar-refractivity contribution in [2.24, 2.45) is 15.7 Å². The van der Waals surface area contributed by atoms with E-state index in [1.165, 1.54) is 6.08 Å². The number of amidine groups is 1. The van der Waals surface area contributed by atoms with Crippen LogP contribution in [0.5, 0.6) is 0 Å². The number of allylic oxidation sites excluding steroid dienone is 5. The third kappa shape index (κ3) is 6.31. The fraction of sp³-hybridized carbons (Fsp3) is 0.167. The van der Waals surface area contributed by atoms with Crippen LogP contribution in [-0.2, 0) is 4.79 Å². The van der Waals surface area contributed by atoms with Crippen LogP contribution >= 0.6 is 0 Å². The molecule has 0 unspecified atom stereocenters. The predicted octanol–water partition coefficient (Wildman–Crippen LogP) is 2.83. The highest BCUT2D eigenvalue weighted by atomic mass is 16.1. The Balaban J connectivity index is 3.23. The minimum absolute atomic E-state index is 0.300. The van der Waals surface area contributed by atoms with Gasteiger partial charge < -0.3 is 16.8 Å². The first-order valence-corrected chi connectivity index (χ1v) is 7.57. The number of nitrogen functional groups attached to an aromatic ring is 1. The van der Waals surface area contributed by atoms with Crippen LogP contribution < -0.4 is 16.8 Å². The molecule has 6 heteroatoms. The smallest absolute Gasteiger partial charge is 0.178 e. The summed E-state index contributed by atoms with van der Waals surface area (Å²) in [5.74, 6) is 0.300. The minimum atomic E-state index is 0.300. The first kappa shape index (κ1) is 18.9. The number of nitrogens with zero attached hydrogens (tertiary/aromatic N) is 2. The number of hydrogen-bond donors (Lipinski definition) is 3. The number of aldehydes is 1. The zero-order chi connectivity index (χ0) is 17.8. The first-order valence-electron chi connectivity index (χ1n) is 7.57. The minimum Gasteiger partial charge on any atom is -0.399 e. The van der Waals surface area contributed by atoms with E-state index in [1.54, 1.807) is 24.3 Å². The molecule has 0 amide bonds. The van der Waals surface area contributed by atoms with Crippen LogP contribution in [0.15, 0.2) is 69.9 Å². The van der Waals surface area contributed by atoms with Gasteiger partial charge in [-0.1, -0.05) is 19.1 Å². The molecule has 0 atom stereocenters. The zero-order valence-corrected chi connectivity index (χ0v) is 13.9. The van der Waals surface area contributed by atoms with Gasteiger partial charge in [0.25, 0.3) is 0 Å². The van der Waals surface area contributed by atoms with Crippen LogP contribution in [0.4, 0.5) is 11.4 Å². The molecule has 0 radical (unpaired) electrons. The molecule has 0 saturated heterocycles. The van der Waals surface area contributed by atoms with Crippen LogP contribution in [0.25, 0.3) is 0 Å². The average molecular weight is 325 g/mol. The van der Waals surface area contributed by atoms with E-state index in [9.17, 15) is 4.79 Å². The number of anilines is 1. The SMILES string of the molecule is C/C=C\C=C(/CC)N/C(=C/C=O)C(N=CN)=Nc1ccc(N)cc1. The van der Waals surface area contributed by atoms with E-state index >= 15 is 0 Å². The maximum absolute atomic E-state index is 11.0. The molecule has 1 aromatic rings. The third-order valence-corrected chi connectivity index (χ3v) is 2.97. The van der Waals surface area contributed by atoms with Crippen molar-refractivity contribution >= 4 is 29.8 Å². The molecule has 0 bridgehead atoms. The van der Waals surface area contributed by atoms with Crippen LogP contribution in [0.1, 0.15) is 20.3 Å². The lowest BCUT2D eigenvalue weighted by Gasteiger charge is -2.12. The number of benzene rings is 1. The number of aliphatic imine (C=N–C) groups is 2. The molecule has 5 N–H and O–H groups in total. The number of rotatable bonds is 7. The van der Waals surface area contributed by atoms with E-state index < -0.39 is 0 Å². The maximum atomic E-state index is 11.0. The van der Waals surface area contributed by atoms with Crippen molar-refractivity contribution < 1.29 is 4.79 Å². The van der Waals surface area contributed by atoms with Gasteiger partial charge in [0.1, 0.15) is 6.29 Å². The highest BCUT2D eigenvalue weighted by Gasteiger charge is 2.07. The number of carbonyl (C=O) groups excluding carboxylic acids is 1. The molecular weight excluding hydrogens is 302 g/mol. The lowest BCUT2D eigenvalue weighted by molar-refractivity contribution is -0.104. The van der Waals surface area contributed by atoms with Crippen molar-refractivity contribution in [2.45, 2.75) is 20.3 Å². The van der Waals surface area contributed by atoms with Crippen LogP contribution in [-0.4, -0.2) is 18.5 Å². The molecule has 24 heavy (non-hydrogen) atoms. The Kier molecular flexibility index (Phi) is 8.31. The van der Waals surface area contributed by atoms with Gasteiger partial charge in [-0.05, 0) is 43.7 Å². The lowest BCUT2D eigenvalue weighted by atomic mass is 10.2. The van der Waals surface area contributed by atoms with Crippen molar-refractivity contribution in [3.63, 3.8) is 0 Å². The Morgan fingerprint density at radius 3 is 2.50 bits per heavy atom. The quantitative estimate of drug-likeness (QED) is 0.179. The summed E-state index contributed by atoms with van der Waals surface area (Å²) in [6.07, 6.45) is 9.68. The molecule has 0 spiro atoms. The normalized spacial score (nSPS) is 13.7. The molecule has 1 aromatic carbocycles. The molecule has 0 aromatic heterocycles. The summed E-state index contributed by atoms with van der Waals surface area (Å²) in [6.45, 7) is 3.93. The molecule has 0 aliphatic heterocycles. The largest absolute Gasteiger partial charge is 0.399 e. The van der Waals surface area contributed by atoms with Gasteiger partial charge >= 0.3 is 0 Å². The van der Waals surface area contributed by atoms with Gasteiger partial charge in [0, 0.05) is 17.5 Å². The molecule has 126 valence electrons. The highest BCUT2D eigenvalue weighted by Crippen LogP contribution is 2.16. The Morgan fingerprint density at radius 1 is 1.25 bits per heavy atom. The summed E-state index contributed by atoms with van der Waals surface area (Å²) in [6, 6.07) is 7.00. The van der Waals surface area contributed by atoms with E-state index in [-0.39, 0.29) is 0 Å². The second-order valence-electron chi connectivity index (χ2n) is 4.72. The van der Waals surface area contributed by atoms with Crippen LogP contribution in [0, 0.1) is 0 Å². The zero-order valence-electron chi connectivity index (χ0n) is 13.9. The molecule has 0 saturated carbocycles. The number of carbonyl (C=O) groups is 1. The second kappa shape index (κ2) is 10.6. The van der Waals surface area contributed by atoms with Crippen molar-refractivity contribution in [3.05, 3.63) is 60.0 Å². The van der Waals surface area contributed by atoms with Gasteiger partial charge in [0.2, 0.25) is 0 Å². The number of nitrogens with two attached hydrogens (primary N) is 2. The Hall–Kier alpha value is -3.15. The summed E-state index contributed by atoms with van der Waals surface area (Å²) in [5, 5.41) is 3.17. The van der Waals surface area contributed by atoms with Gasteiger partial charge in [-0.3, -0.25) is 4.79 Å². The monoisotopic (exact) mass is 325 g/mol. The number of nitrogens with one attached hydrogen (secondary N) is 1. The molecule has 0 aliphatic rings. The highest BCUT2D eigenvalue weighted by molar-refractivity contribution is 6.05. The van der Waals surface area contributed by atoms with Crippen LogP contribution in [0.2, 0.25) is 0 Å². The Morgan fingerprint density at radius 2 is 1.96 bits per heavy atom. The van der Waals surface area contributed by atoms with Gasteiger partial charge in [0.05, 0.1) is 17.7 Å². The Labute approximate surface area is 142 Å². The molecule has 1 rings (SSSR count). The Bertz CT molecular complexity index is 682. The number of hydrogen-bond acceptors (Lipinski definition) is 4.